The van der Waals surface area contributed by atoms with Crippen molar-refractivity contribution in [3.63, 3.8) is 0 Å². The lowest BCUT2D eigenvalue weighted by Gasteiger charge is -2.29. The number of ether oxygens (including phenoxy) is 2. The van der Waals surface area contributed by atoms with Crippen molar-refractivity contribution < 1.29 is 14.3 Å². The number of methoxy groups -OCH3 is 2. The van der Waals surface area contributed by atoms with Crippen molar-refractivity contribution in [1.29, 1.82) is 0 Å². The molecule has 1 atom stereocenters. The van der Waals surface area contributed by atoms with Crippen LogP contribution in [0.25, 0.3) is 0 Å². The summed E-state index contributed by atoms with van der Waals surface area (Å²) in [6.07, 6.45) is 0.840. The van der Waals surface area contributed by atoms with Gasteiger partial charge in [-0.2, -0.15) is 0 Å². The minimum absolute atomic E-state index is 0.0291. The van der Waals surface area contributed by atoms with Crippen LogP contribution in [0.2, 0.25) is 0 Å². The fraction of sp³-hybridized carbons (Fsp3) is 0.381. The largest absolute Gasteiger partial charge is 0.493 e. The Kier molecular flexibility index (Phi) is 6.92. The maximum atomic E-state index is 12.8. The van der Waals surface area contributed by atoms with Crippen molar-refractivity contribution in [3.8, 4) is 11.5 Å². The van der Waals surface area contributed by atoms with Crippen molar-refractivity contribution in [2.24, 2.45) is 0 Å². The van der Waals surface area contributed by atoms with Crippen LogP contribution in [-0.4, -0.2) is 26.2 Å². The number of rotatable bonds is 7. The Morgan fingerprint density at radius 1 is 1.12 bits per heavy atom. The zero-order valence-corrected chi connectivity index (χ0v) is 18.1. The molecule has 2 aromatic rings. The fourth-order valence-corrected chi connectivity index (χ4v) is 3.84. The molecule has 4 nitrogen and oxygen atoms in total. The average molecular weight is 467 g/mol. The van der Waals surface area contributed by atoms with Gasteiger partial charge in [0.25, 0.3) is 5.91 Å². The van der Waals surface area contributed by atoms with Gasteiger partial charge in [-0.25, -0.2) is 0 Å². The SMILES string of the molecule is COc1cc(I)c(C(=O)NC(C)CC(C)(C)c2ccccc2)cc1OC. The molecule has 26 heavy (non-hydrogen) atoms. The third-order valence-corrected chi connectivity index (χ3v) is 5.36. The molecule has 0 aliphatic rings. The number of hydrogen-bond acceptors (Lipinski definition) is 3. The van der Waals surface area contributed by atoms with Gasteiger partial charge in [-0.05, 0) is 59.0 Å². The quantitative estimate of drug-likeness (QED) is 0.596. The minimum atomic E-state index is -0.105. The Morgan fingerprint density at radius 2 is 1.69 bits per heavy atom. The Bertz CT molecular complexity index is 759. The first kappa shape index (κ1) is 20.6. The van der Waals surface area contributed by atoms with E-state index in [9.17, 15) is 4.79 Å². The molecule has 0 aromatic heterocycles. The zero-order chi connectivity index (χ0) is 19.3. The lowest BCUT2D eigenvalue weighted by Crippen LogP contribution is -2.37. The summed E-state index contributed by atoms with van der Waals surface area (Å²) in [5.74, 6) is 1.06. The maximum Gasteiger partial charge on any atom is 0.252 e. The molecule has 1 N–H and O–H groups in total. The predicted molar refractivity (Wildman–Crippen MR) is 113 cm³/mol. The van der Waals surface area contributed by atoms with Crippen LogP contribution in [0.4, 0.5) is 0 Å². The highest BCUT2D eigenvalue weighted by Crippen LogP contribution is 2.32. The van der Waals surface area contributed by atoms with Gasteiger partial charge in [0.05, 0.1) is 19.8 Å². The Morgan fingerprint density at radius 3 is 2.27 bits per heavy atom. The van der Waals surface area contributed by atoms with E-state index in [2.05, 4.69) is 53.9 Å². The second-order valence-electron chi connectivity index (χ2n) is 7.02. The summed E-state index contributed by atoms with van der Waals surface area (Å²) in [5.41, 5.74) is 1.83. The number of halogens is 1. The Balaban J connectivity index is 2.12. The lowest BCUT2D eigenvalue weighted by atomic mass is 9.79. The van der Waals surface area contributed by atoms with E-state index in [0.29, 0.717) is 17.1 Å². The molecule has 5 heteroatoms. The maximum absolute atomic E-state index is 12.8. The first-order chi connectivity index (χ1) is 12.3. The monoisotopic (exact) mass is 467 g/mol. The molecule has 0 heterocycles. The van der Waals surface area contributed by atoms with E-state index >= 15 is 0 Å². The number of carbonyl (C=O) groups excluding carboxylic acids is 1. The molecule has 1 amide bonds. The molecule has 0 aliphatic heterocycles. The van der Waals surface area contributed by atoms with Crippen LogP contribution < -0.4 is 14.8 Å². The molecule has 0 fully saturated rings. The van der Waals surface area contributed by atoms with Gasteiger partial charge in [-0.3, -0.25) is 4.79 Å². The van der Waals surface area contributed by atoms with Crippen LogP contribution in [0.5, 0.6) is 11.5 Å². The first-order valence-corrected chi connectivity index (χ1v) is 9.64. The fourth-order valence-electron chi connectivity index (χ4n) is 3.15. The van der Waals surface area contributed by atoms with Gasteiger partial charge in [-0.1, -0.05) is 44.2 Å². The third-order valence-electron chi connectivity index (χ3n) is 4.47. The van der Waals surface area contributed by atoms with E-state index in [4.69, 9.17) is 9.47 Å². The Hall–Kier alpha value is -1.76. The van der Waals surface area contributed by atoms with E-state index < -0.39 is 0 Å². The van der Waals surface area contributed by atoms with Crippen molar-refractivity contribution in [2.45, 2.75) is 38.6 Å². The number of benzene rings is 2. The van der Waals surface area contributed by atoms with Crippen LogP contribution in [-0.2, 0) is 5.41 Å². The van der Waals surface area contributed by atoms with Crippen molar-refractivity contribution in [1.82, 2.24) is 5.32 Å². The molecular weight excluding hydrogens is 441 g/mol. The van der Waals surface area contributed by atoms with Crippen molar-refractivity contribution in [3.05, 3.63) is 57.2 Å². The van der Waals surface area contributed by atoms with Gasteiger partial charge < -0.3 is 14.8 Å². The van der Waals surface area contributed by atoms with Crippen LogP contribution in [0.15, 0.2) is 42.5 Å². The molecule has 0 bridgehead atoms. The molecule has 1 unspecified atom stereocenters. The molecule has 0 spiro atoms. The van der Waals surface area contributed by atoms with E-state index in [1.165, 1.54) is 5.56 Å². The molecule has 0 radical (unpaired) electrons. The normalized spacial score (nSPS) is 12.4. The highest BCUT2D eigenvalue weighted by Gasteiger charge is 2.25. The summed E-state index contributed by atoms with van der Waals surface area (Å²) in [6.45, 7) is 6.44. The zero-order valence-electron chi connectivity index (χ0n) is 15.9. The summed E-state index contributed by atoms with van der Waals surface area (Å²) < 4.78 is 11.4. The summed E-state index contributed by atoms with van der Waals surface area (Å²) in [5, 5.41) is 3.11. The van der Waals surface area contributed by atoms with Gasteiger partial charge in [-0.15, -0.1) is 0 Å². The molecule has 0 saturated carbocycles. The minimum Gasteiger partial charge on any atom is -0.493 e. The van der Waals surface area contributed by atoms with Crippen molar-refractivity contribution >= 4 is 28.5 Å². The van der Waals surface area contributed by atoms with Gasteiger partial charge in [0, 0.05) is 9.61 Å². The highest BCUT2D eigenvalue weighted by molar-refractivity contribution is 14.1. The standard InChI is InChI=1S/C21H26INO3/c1-14(13-21(2,3)15-9-7-6-8-10-15)23-20(24)16-11-18(25-4)19(26-5)12-17(16)22/h6-12,14H,13H2,1-5H3,(H,23,24). The first-order valence-electron chi connectivity index (χ1n) is 8.56. The summed E-state index contributed by atoms with van der Waals surface area (Å²) in [7, 11) is 3.15. The van der Waals surface area contributed by atoms with Gasteiger partial charge in [0.1, 0.15) is 0 Å². The van der Waals surface area contributed by atoms with E-state index in [0.717, 1.165) is 9.99 Å². The third kappa shape index (κ3) is 4.90. The number of amides is 1. The molecule has 140 valence electrons. The average Bonchev–Trinajstić information content (AvgIpc) is 2.61. The van der Waals surface area contributed by atoms with Crippen LogP contribution >= 0.6 is 22.6 Å². The topological polar surface area (TPSA) is 47.6 Å². The summed E-state index contributed by atoms with van der Waals surface area (Å²) in [6, 6.07) is 13.9. The smallest absolute Gasteiger partial charge is 0.252 e. The van der Waals surface area contributed by atoms with E-state index in [1.54, 1.807) is 20.3 Å². The summed E-state index contributed by atoms with van der Waals surface area (Å²) in [4.78, 5) is 12.8. The van der Waals surface area contributed by atoms with E-state index in [1.807, 2.05) is 31.2 Å². The summed E-state index contributed by atoms with van der Waals surface area (Å²) >= 11 is 2.15. The van der Waals surface area contributed by atoms with Gasteiger partial charge in [0.15, 0.2) is 11.5 Å². The van der Waals surface area contributed by atoms with Crippen LogP contribution in [0, 0.1) is 3.57 Å². The molecule has 0 saturated heterocycles. The lowest BCUT2D eigenvalue weighted by molar-refractivity contribution is 0.0933. The van der Waals surface area contributed by atoms with Crippen molar-refractivity contribution in [2.75, 3.05) is 14.2 Å². The van der Waals surface area contributed by atoms with Gasteiger partial charge >= 0.3 is 0 Å². The predicted octanol–water partition coefficient (Wildman–Crippen LogP) is 4.79. The van der Waals surface area contributed by atoms with Crippen LogP contribution in [0.3, 0.4) is 0 Å². The molecule has 0 aliphatic carbocycles. The highest BCUT2D eigenvalue weighted by atomic mass is 127. The Labute approximate surface area is 169 Å². The molecule has 2 rings (SSSR count). The number of carbonyl (C=O) groups is 1. The van der Waals surface area contributed by atoms with Crippen LogP contribution in [0.1, 0.15) is 43.1 Å². The second kappa shape index (κ2) is 8.75. The molecular formula is C21H26INO3. The second-order valence-corrected chi connectivity index (χ2v) is 8.18. The number of nitrogens with one attached hydrogen (secondary N) is 1. The number of hydrogen-bond donors (Lipinski definition) is 1. The van der Waals surface area contributed by atoms with E-state index in [-0.39, 0.29) is 17.4 Å². The van der Waals surface area contributed by atoms with Gasteiger partial charge in [0.2, 0.25) is 0 Å². The molecule has 2 aromatic carbocycles.